The molecule has 0 aliphatic rings. The lowest BCUT2D eigenvalue weighted by molar-refractivity contribution is -0.129. The lowest BCUT2D eigenvalue weighted by Gasteiger charge is -2.02. The summed E-state index contributed by atoms with van der Waals surface area (Å²) in [6.45, 7) is 2.96. The molecule has 1 aromatic carbocycles. The number of rotatable bonds is 6. The number of amides is 1. The Morgan fingerprint density at radius 1 is 1.40 bits per heavy atom. The number of oxime groups is 1. The number of nitrogens with one attached hydrogen (secondary N) is 1. The van der Waals surface area contributed by atoms with E-state index in [0.717, 1.165) is 5.56 Å². The molecule has 0 saturated carbocycles. The second-order valence-corrected chi connectivity index (χ2v) is 3.99. The number of carbonyl (C=O) groups is 2. The Morgan fingerprint density at radius 2 is 2.15 bits per heavy atom. The predicted octanol–water partition coefficient (Wildman–Crippen LogP) is 2.14. The molecule has 1 aromatic rings. The van der Waals surface area contributed by atoms with Crippen molar-refractivity contribution in [1.29, 1.82) is 0 Å². The molecule has 0 radical (unpaired) electrons. The summed E-state index contributed by atoms with van der Waals surface area (Å²) in [6, 6.07) is 7.28. The van der Waals surface area contributed by atoms with Crippen LogP contribution in [0.4, 0.5) is 5.69 Å². The van der Waals surface area contributed by atoms with Gasteiger partial charge in [-0.05, 0) is 30.7 Å². The molecule has 0 unspecified atom stereocenters. The molecular weight excluding hydrogens is 260 g/mol. The number of hydrogen-bond donors (Lipinski definition) is 2. The largest absolute Gasteiger partial charge is 0.477 e. The van der Waals surface area contributed by atoms with Gasteiger partial charge in [-0.15, -0.1) is 0 Å². The molecular formula is C14H16N2O4. The Morgan fingerprint density at radius 3 is 2.80 bits per heavy atom. The quantitative estimate of drug-likeness (QED) is 0.473. The van der Waals surface area contributed by atoms with E-state index >= 15 is 0 Å². The van der Waals surface area contributed by atoms with Gasteiger partial charge in [-0.3, -0.25) is 4.79 Å². The van der Waals surface area contributed by atoms with Gasteiger partial charge in [0.1, 0.15) is 6.61 Å². The van der Waals surface area contributed by atoms with E-state index < -0.39 is 5.97 Å². The zero-order valence-corrected chi connectivity index (χ0v) is 11.3. The van der Waals surface area contributed by atoms with Gasteiger partial charge in [0, 0.05) is 12.6 Å². The van der Waals surface area contributed by atoms with Crippen molar-refractivity contribution in [2.24, 2.45) is 5.16 Å². The first-order chi connectivity index (χ1) is 9.49. The fourth-order valence-corrected chi connectivity index (χ4v) is 1.32. The van der Waals surface area contributed by atoms with E-state index in [-0.39, 0.29) is 18.2 Å². The normalized spacial score (nSPS) is 11.4. The first-order valence-corrected chi connectivity index (χ1v) is 5.93. The van der Waals surface area contributed by atoms with Gasteiger partial charge in [-0.2, -0.15) is 0 Å². The first kappa shape index (κ1) is 15.4. The van der Waals surface area contributed by atoms with Gasteiger partial charge in [0.05, 0.1) is 0 Å². The first-order valence-electron chi connectivity index (χ1n) is 5.93. The molecule has 0 aliphatic heterocycles. The van der Waals surface area contributed by atoms with Crippen molar-refractivity contribution >= 4 is 29.4 Å². The fraction of sp³-hybridized carbons (Fsp3) is 0.214. The van der Waals surface area contributed by atoms with Crippen molar-refractivity contribution in [2.45, 2.75) is 13.8 Å². The van der Waals surface area contributed by atoms with E-state index in [0.29, 0.717) is 5.69 Å². The van der Waals surface area contributed by atoms with Crippen LogP contribution in [0.1, 0.15) is 19.4 Å². The molecule has 0 saturated heterocycles. The van der Waals surface area contributed by atoms with Gasteiger partial charge in [-0.1, -0.05) is 23.4 Å². The van der Waals surface area contributed by atoms with E-state index in [1.807, 2.05) is 18.2 Å². The molecule has 0 fully saturated rings. The van der Waals surface area contributed by atoms with Crippen molar-refractivity contribution in [3.8, 4) is 0 Å². The SMILES string of the molecule is CC(=O)Nc1cccc(C=CCON=C(C)C(=O)O)c1. The molecule has 0 aliphatic carbocycles. The highest BCUT2D eigenvalue weighted by atomic mass is 16.6. The van der Waals surface area contributed by atoms with Gasteiger partial charge < -0.3 is 15.3 Å². The minimum absolute atomic E-state index is 0.106. The van der Waals surface area contributed by atoms with E-state index in [4.69, 9.17) is 9.94 Å². The number of carboxylic acids is 1. The maximum atomic E-state index is 10.9. The van der Waals surface area contributed by atoms with Crippen LogP contribution in [0.3, 0.4) is 0 Å². The number of anilines is 1. The van der Waals surface area contributed by atoms with Gasteiger partial charge in [-0.25, -0.2) is 4.79 Å². The number of aliphatic carboxylic acids is 1. The zero-order valence-electron chi connectivity index (χ0n) is 11.3. The molecule has 1 amide bonds. The van der Waals surface area contributed by atoms with Crippen molar-refractivity contribution in [2.75, 3.05) is 11.9 Å². The number of hydrogen-bond acceptors (Lipinski definition) is 4. The Kier molecular flexibility index (Phi) is 5.96. The highest BCUT2D eigenvalue weighted by Crippen LogP contribution is 2.11. The van der Waals surface area contributed by atoms with Crippen LogP contribution in [0, 0.1) is 0 Å². The van der Waals surface area contributed by atoms with Crippen molar-refractivity contribution in [3.05, 3.63) is 35.9 Å². The summed E-state index contributed by atoms with van der Waals surface area (Å²) in [7, 11) is 0. The summed E-state index contributed by atoms with van der Waals surface area (Å²) in [5.41, 5.74) is 1.49. The maximum Gasteiger partial charge on any atom is 0.353 e. The van der Waals surface area contributed by atoms with Gasteiger partial charge in [0.15, 0.2) is 5.71 Å². The van der Waals surface area contributed by atoms with Gasteiger partial charge in [0.2, 0.25) is 5.91 Å². The third-order valence-corrected chi connectivity index (χ3v) is 2.20. The second kappa shape index (κ2) is 7.73. The van der Waals surface area contributed by atoms with E-state index in [9.17, 15) is 9.59 Å². The molecule has 0 heterocycles. The average molecular weight is 276 g/mol. The summed E-state index contributed by atoms with van der Waals surface area (Å²) < 4.78 is 0. The summed E-state index contributed by atoms with van der Waals surface area (Å²) >= 11 is 0. The Labute approximate surface area is 116 Å². The zero-order chi connectivity index (χ0) is 15.0. The van der Waals surface area contributed by atoms with Crippen molar-refractivity contribution < 1.29 is 19.5 Å². The molecule has 1 rings (SSSR count). The fourth-order valence-electron chi connectivity index (χ4n) is 1.32. The van der Waals surface area contributed by atoms with Crippen molar-refractivity contribution in [3.63, 3.8) is 0 Å². The predicted molar refractivity (Wildman–Crippen MR) is 76.5 cm³/mol. The summed E-state index contributed by atoms with van der Waals surface area (Å²) in [5, 5.41) is 14.7. The molecule has 6 heteroatoms. The van der Waals surface area contributed by atoms with E-state index in [1.165, 1.54) is 13.8 Å². The highest BCUT2D eigenvalue weighted by molar-refractivity contribution is 6.34. The summed E-state index contributed by atoms with van der Waals surface area (Å²) in [4.78, 5) is 26.2. The van der Waals surface area contributed by atoms with Crippen LogP contribution in [0.5, 0.6) is 0 Å². The number of benzene rings is 1. The molecule has 6 nitrogen and oxygen atoms in total. The number of carbonyl (C=O) groups excluding carboxylic acids is 1. The third kappa shape index (κ3) is 5.81. The van der Waals surface area contributed by atoms with Gasteiger partial charge >= 0.3 is 5.97 Å². The molecule has 2 N–H and O–H groups in total. The molecule has 0 spiro atoms. The van der Waals surface area contributed by atoms with Crippen LogP contribution < -0.4 is 5.32 Å². The van der Waals surface area contributed by atoms with Crippen LogP contribution in [0.25, 0.3) is 6.08 Å². The monoisotopic (exact) mass is 276 g/mol. The molecule has 0 aromatic heterocycles. The lowest BCUT2D eigenvalue weighted by atomic mass is 10.2. The number of nitrogens with zero attached hydrogens (tertiary/aromatic N) is 1. The lowest BCUT2D eigenvalue weighted by Crippen LogP contribution is -2.08. The minimum Gasteiger partial charge on any atom is -0.477 e. The third-order valence-electron chi connectivity index (χ3n) is 2.20. The molecule has 20 heavy (non-hydrogen) atoms. The van der Waals surface area contributed by atoms with E-state index in [2.05, 4.69) is 10.5 Å². The second-order valence-electron chi connectivity index (χ2n) is 3.99. The maximum absolute atomic E-state index is 10.9. The average Bonchev–Trinajstić information content (AvgIpc) is 2.37. The van der Waals surface area contributed by atoms with Crippen LogP contribution in [0.2, 0.25) is 0 Å². The Bertz CT molecular complexity index is 550. The van der Waals surface area contributed by atoms with Crippen LogP contribution in [-0.2, 0) is 14.4 Å². The van der Waals surface area contributed by atoms with Crippen LogP contribution in [0.15, 0.2) is 35.5 Å². The van der Waals surface area contributed by atoms with E-state index in [1.54, 1.807) is 18.2 Å². The smallest absolute Gasteiger partial charge is 0.353 e. The summed E-state index contributed by atoms with van der Waals surface area (Å²) in [5.74, 6) is -1.25. The molecule has 0 atom stereocenters. The van der Waals surface area contributed by atoms with Crippen LogP contribution in [-0.4, -0.2) is 29.3 Å². The Hall–Kier alpha value is -2.63. The van der Waals surface area contributed by atoms with Crippen molar-refractivity contribution in [1.82, 2.24) is 0 Å². The molecule has 106 valence electrons. The van der Waals surface area contributed by atoms with Crippen LogP contribution >= 0.6 is 0 Å². The highest BCUT2D eigenvalue weighted by Gasteiger charge is 2.00. The topological polar surface area (TPSA) is 88.0 Å². The summed E-state index contributed by atoms with van der Waals surface area (Å²) in [6.07, 6.45) is 3.49. The Balaban J connectivity index is 2.52. The molecule has 0 bridgehead atoms. The van der Waals surface area contributed by atoms with Gasteiger partial charge in [0.25, 0.3) is 0 Å². The number of carboxylic acid groups (broad SMARTS) is 1. The minimum atomic E-state index is -1.11. The standard InChI is InChI=1S/C14H16N2O4/c1-10(14(18)19)16-20-8-4-6-12-5-3-7-13(9-12)15-11(2)17/h3-7,9H,8H2,1-2H3,(H,15,17)(H,18,19).